The van der Waals surface area contributed by atoms with E-state index in [1.54, 1.807) is 24.5 Å². The largest absolute Gasteiger partial charge is 0.355 e. The number of nitrogens with zero attached hydrogens (tertiary/aromatic N) is 2. The zero-order valence-corrected chi connectivity index (χ0v) is 10.7. The van der Waals surface area contributed by atoms with Crippen molar-refractivity contribution in [2.45, 2.75) is 6.92 Å². The normalized spacial score (nSPS) is 10.4. The van der Waals surface area contributed by atoms with Gasteiger partial charge in [-0.2, -0.15) is 0 Å². The number of carbonyl (C=O) groups excluding carboxylic acids is 1. The fourth-order valence-corrected chi connectivity index (χ4v) is 1.56. The van der Waals surface area contributed by atoms with Crippen molar-refractivity contribution in [3.8, 4) is 11.3 Å². The lowest BCUT2D eigenvalue weighted by Gasteiger charge is -2.02. The Morgan fingerprint density at radius 3 is 3.05 bits per heavy atom. The summed E-state index contributed by atoms with van der Waals surface area (Å²) in [5, 5.41) is 9.63. The molecule has 0 spiro atoms. The van der Waals surface area contributed by atoms with Crippen LogP contribution in [-0.2, 0) is 0 Å². The van der Waals surface area contributed by atoms with E-state index in [1.165, 1.54) is 0 Å². The van der Waals surface area contributed by atoms with Crippen molar-refractivity contribution in [2.24, 2.45) is 0 Å². The molecule has 0 fully saturated rings. The first-order chi connectivity index (χ1) is 9.31. The summed E-state index contributed by atoms with van der Waals surface area (Å²) in [6, 6.07) is 5.26. The highest BCUT2D eigenvalue weighted by Crippen LogP contribution is 2.18. The van der Waals surface area contributed by atoms with Crippen molar-refractivity contribution in [1.29, 1.82) is 0 Å². The fraction of sp³-hybridized carbons (Fsp3) is 0.308. The van der Waals surface area contributed by atoms with Gasteiger partial charge >= 0.3 is 0 Å². The summed E-state index contributed by atoms with van der Waals surface area (Å²) in [6.07, 6.45) is 3.33. The van der Waals surface area contributed by atoms with Crippen LogP contribution in [0.5, 0.6) is 0 Å². The van der Waals surface area contributed by atoms with Gasteiger partial charge in [-0.25, -0.2) is 0 Å². The number of hydrogen-bond acceptors (Lipinski definition) is 5. The van der Waals surface area contributed by atoms with Crippen LogP contribution in [0.2, 0.25) is 0 Å². The number of pyridine rings is 1. The molecule has 0 atom stereocenters. The van der Waals surface area contributed by atoms with Gasteiger partial charge in [-0.3, -0.25) is 9.78 Å². The second-order valence-corrected chi connectivity index (χ2v) is 3.93. The van der Waals surface area contributed by atoms with E-state index in [1.807, 2.05) is 13.0 Å². The van der Waals surface area contributed by atoms with Crippen LogP contribution in [0.25, 0.3) is 11.3 Å². The molecule has 0 aliphatic carbocycles. The Labute approximate surface area is 111 Å². The summed E-state index contributed by atoms with van der Waals surface area (Å²) in [6.45, 7) is 4.18. The Morgan fingerprint density at radius 1 is 1.42 bits per heavy atom. The van der Waals surface area contributed by atoms with E-state index in [-0.39, 0.29) is 11.6 Å². The molecular formula is C13H16N4O2. The molecule has 1 amide bonds. The number of rotatable bonds is 6. The highest BCUT2D eigenvalue weighted by atomic mass is 16.5. The zero-order valence-electron chi connectivity index (χ0n) is 10.7. The van der Waals surface area contributed by atoms with E-state index in [9.17, 15) is 4.79 Å². The van der Waals surface area contributed by atoms with Crippen LogP contribution < -0.4 is 10.6 Å². The Morgan fingerprint density at radius 2 is 2.32 bits per heavy atom. The molecule has 0 aromatic carbocycles. The van der Waals surface area contributed by atoms with Gasteiger partial charge in [-0.05, 0) is 18.7 Å². The van der Waals surface area contributed by atoms with Crippen LogP contribution in [-0.4, -0.2) is 35.7 Å². The quantitative estimate of drug-likeness (QED) is 0.760. The van der Waals surface area contributed by atoms with E-state index >= 15 is 0 Å². The minimum atomic E-state index is -0.239. The van der Waals surface area contributed by atoms with E-state index < -0.39 is 0 Å². The maximum Gasteiger partial charge on any atom is 0.273 e. The first-order valence-electron chi connectivity index (χ1n) is 6.17. The van der Waals surface area contributed by atoms with Crippen LogP contribution in [0.3, 0.4) is 0 Å². The molecule has 0 bridgehead atoms. The van der Waals surface area contributed by atoms with Crippen LogP contribution in [0.1, 0.15) is 17.4 Å². The first kappa shape index (κ1) is 13.2. The summed E-state index contributed by atoms with van der Waals surface area (Å²) in [5.74, 6) is 0.293. The zero-order chi connectivity index (χ0) is 13.5. The van der Waals surface area contributed by atoms with Crippen molar-refractivity contribution in [1.82, 2.24) is 20.8 Å². The molecule has 0 saturated carbocycles. The number of aromatic nitrogens is 2. The smallest absolute Gasteiger partial charge is 0.273 e. The molecule has 6 nitrogen and oxygen atoms in total. The van der Waals surface area contributed by atoms with Gasteiger partial charge in [0, 0.05) is 37.1 Å². The number of carbonyl (C=O) groups is 1. The summed E-state index contributed by atoms with van der Waals surface area (Å²) >= 11 is 0. The van der Waals surface area contributed by atoms with Gasteiger partial charge in [0.05, 0.1) is 0 Å². The molecule has 19 heavy (non-hydrogen) atoms. The summed E-state index contributed by atoms with van der Waals surface area (Å²) < 4.78 is 5.13. The van der Waals surface area contributed by atoms with Crippen molar-refractivity contribution in [3.05, 3.63) is 36.3 Å². The summed E-state index contributed by atoms with van der Waals surface area (Å²) in [7, 11) is 0. The second kappa shape index (κ2) is 6.65. The highest BCUT2D eigenvalue weighted by molar-refractivity contribution is 5.93. The molecule has 0 aliphatic heterocycles. The van der Waals surface area contributed by atoms with Gasteiger partial charge in [0.15, 0.2) is 11.5 Å². The summed E-state index contributed by atoms with van der Waals surface area (Å²) in [5.41, 5.74) is 1.07. The van der Waals surface area contributed by atoms with E-state index in [2.05, 4.69) is 20.8 Å². The van der Waals surface area contributed by atoms with Crippen LogP contribution in [0.4, 0.5) is 0 Å². The molecule has 6 heteroatoms. The predicted molar refractivity (Wildman–Crippen MR) is 70.6 cm³/mol. The Kier molecular flexibility index (Phi) is 4.63. The Balaban J connectivity index is 1.95. The fourth-order valence-electron chi connectivity index (χ4n) is 1.56. The van der Waals surface area contributed by atoms with Gasteiger partial charge in [-0.15, -0.1) is 0 Å². The molecule has 2 aromatic heterocycles. The third-order valence-corrected chi connectivity index (χ3v) is 2.53. The third kappa shape index (κ3) is 3.62. The van der Waals surface area contributed by atoms with Gasteiger partial charge in [0.2, 0.25) is 0 Å². The molecule has 0 aliphatic rings. The number of nitrogens with one attached hydrogen (secondary N) is 2. The highest BCUT2D eigenvalue weighted by Gasteiger charge is 2.12. The predicted octanol–water partition coefficient (Wildman–Crippen LogP) is 1.08. The number of hydrogen-bond donors (Lipinski definition) is 2. The number of amides is 1. The average molecular weight is 260 g/mol. The molecule has 2 N–H and O–H groups in total. The van der Waals surface area contributed by atoms with Crippen molar-refractivity contribution < 1.29 is 9.32 Å². The maximum atomic E-state index is 11.8. The van der Waals surface area contributed by atoms with E-state index in [0.29, 0.717) is 12.3 Å². The minimum Gasteiger partial charge on any atom is -0.355 e. The van der Waals surface area contributed by atoms with E-state index in [0.717, 1.165) is 18.7 Å². The lowest BCUT2D eigenvalue weighted by molar-refractivity contribution is 0.0945. The monoisotopic (exact) mass is 260 g/mol. The Hall–Kier alpha value is -2.21. The molecule has 2 heterocycles. The molecule has 0 unspecified atom stereocenters. The summed E-state index contributed by atoms with van der Waals surface area (Å²) in [4.78, 5) is 15.8. The molecule has 2 rings (SSSR count). The van der Waals surface area contributed by atoms with E-state index in [4.69, 9.17) is 4.52 Å². The second-order valence-electron chi connectivity index (χ2n) is 3.93. The van der Waals surface area contributed by atoms with Crippen molar-refractivity contribution >= 4 is 5.91 Å². The van der Waals surface area contributed by atoms with Gasteiger partial charge in [-0.1, -0.05) is 12.1 Å². The molecule has 0 radical (unpaired) electrons. The SMILES string of the molecule is CCNCCNC(=O)c1cc(-c2cccnc2)on1. The topological polar surface area (TPSA) is 80.0 Å². The number of likely N-dealkylation sites (N-methyl/N-ethyl adjacent to an activating group) is 1. The molecule has 2 aromatic rings. The molecule has 0 saturated heterocycles. The van der Waals surface area contributed by atoms with Gasteiger partial charge in [0.25, 0.3) is 5.91 Å². The molecule has 100 valence electrons. The lowest BCUT2D eigenvalue weighted by Crippen LogP contribution is -2.31. The van der Waals surface area contributed by atoms with Crippen LogP contribution >= 0.6 is 0 Å². The first-order valence-corrected chi connectivity index (χ1v) is 6.17. The van der Waals surface area contributed by atoms with Gasteiger partial charge in [0.1, 0.15) is 0 Å². The van der Waals surface area contributed by atoms with Crippen molar-refractivity contribution in [3.63, 3.8) is 0 Å². The average Bonchev–Trinajstić information content (AvgIpc) is 2.94. The lowest BCUT2D eigenvalue weighted by atomic mass is 10.2. The van der Waals surface area contributed by atoms with Gasteiger partial charge < -0.3 is 15.2 Å². The minimum absolute atomic E-state index is 0.239. The van der Waals surface area contributed by atoms with Crippen LogP contribution in [0, 0.1) is 0 Å². The standard InChI is InChI=1S/C13H16N4O2/c1-2-14-6-7-16-13(18)11-8-12(19-17-11)10-4-3-5-15-9-10/h3-5,8-9,14H,2,6-7H2,1H3,(H,16,18). The Bertz CT molecular complexity index is 524. The molecular weight excluding hydrogens is 244 g/mol. The third-order valence-electron chi connectivity index (χ3n) is 2.53. The van der Waals surface area contributed by atoms with Crippen LogP contribution in [0.15, 0.2) is 35.1 Å². The van der Waals surface area contributed by atoms with Crippen molar-refractivity contribution in [2.75, 3.05) is 19.6 Å². The maximum absolute atomic E-state index is 11.8.